The molecule has 1 aliphatic rings. The Morgan fingerprint density at radius 2 is 1.69 bits per heavy atom. The van der Waals surface area contributed by atoms with Gasteiger partial charge in [0.15, 0.2) is 0 Å². The van der Waals surface area contributed by atoms with Gasteiger partial charge in [0.2, 0.25) is 0 Å². The summed E-state index contributed by atoms with van der Waals surface area (Å²) in [5.74, 6) is 1.29. The van der Waals surface area contributed by atoms with Crippen LogP contribution in [0.3, 0.4) is 0 Å². The highest BCUT2D eigenvalue weighted by Crippen LogP contribution is 2.31. The largest absolute Gasteiger partial charge is 0.416 e. The smallest absolute Gasteiger partial charge is 0.379 e. The first-order valence-electron chi connectivity index (χ1n) is 9.34. The van der Waals surface area contributed by atoms with Crippen LogP contribution in [0.15, 0.2) is 53.6 Å². The van der Waals surface area contributed by atoms with Crippen LogP contribution >= 0.6 is 11.8 Å². The van der Waals surface area contributed by atoms with E-state index in [0.717, 1.165) is 52.5 Å². The van der Waals surface area contributed by atoms with Crippen molar-refractivity contribution in [2.75, 3.05) is 26.3 Å². The number of para-hydroxylation sites is 1. The van der Waals surface area contributed by atoms with Gasteiger partial charge in [-0.1, -0.05) is 30.3 Å². The van der Waals surface area contributed by atoms with E-state index < -0.39 is 11.7 Å². The third-order valence-electron chi connectivity index (χ3n) is 4.74. The lowest BCUT2D eigenvalue weighted by molar-refractivity contribution is -0.137. The molecule has 0 saturated carbocycles. The average molecular weight is 419 g/mol. The molecule has 4 rings (SSSR count). The monoisotopic (exact) mass is 419 g/mol. The molecular weight excluding hydrogens is 399 g/mol. The number of thioether (sulfide) groups is 1. The van der Waals surface area contributed by atoms with Gasteiger partial charge in [0.25, 0.3) is 0 Å². The second kappa shape index (κ2) is 8.69. The standard InChI is InChI=1S/C21H20F3N3OS/c22-21(23,24)16-7-5-15(6-8-16)14-29-20-17-3-1-2-4-18(17)25-19(26-20)13-27-9-11-28-12-10-27/h1-8H,9-14H2. The summed E-state index contributed by atoms with van der Waals surface area (Å²) < 4.78 is 43.6. The van der Waals surface area contributed by atoms with Gasteiger partial charge in [-0.15, -0.1) is 11.8 Å². The molecule has 8 heteroatoms. The number of halogens is 3. The van der Waals surface area contributed by atoms with Gasteiger partial charge < -0.3 is 4.74 Å². The van der Waals surface area contributed by atoms with Crippen LogP contribution in [-0.2, 0) is 23.2 Å². The molecule has 152 valence electrons. The lowest BCUT2D eigenvalue weighted by atomic mass is 10.1. The van der Waals surface area contributed by atoms with Crippen LogP contribution in [0.2, 0.25) is 0 Å². The van der Waals surface area contributed by atoms with E-state index >= 15 is 0 Å². The summed E-state index contributed by atoms with van der Waals surface area (Å²) in [6.07, 6.45) is -4.32. The van der Waals surface area contributed by atoms with Gasteiger partial charge in [0.05, 0.1) is 30.8 Å². The Morgan fingerprint density at radius 3 is 2.41 bits per heavy atom. The van der Waals surface area contributed by atoms with E-state index in [1.165, 1.54) is 23.9 Å². The number of alkyl halides is 3. The van der Waals surface area contributed by atoms with Crippen LogP contribution < -0.4 is 0 Å². The number of hydrogen-bond acceptors (Lipinski definition) is 5. The van der Waals surface area contributed by atoms with E-state index in [4.69, 9.17) is 14.7 Å². The van der Waals surface area contributed by atoms with Crippen LogP contribution in [-0.4, -0.2) is 41.2 Å². The Morgan fingerprint density at radius 1 is 0.966 bits per heavy atom. The minimum atomic E-state index is -4.32. The number of nitrogens with zero attached hydrogens (tertiary/aromatic N) is 3. The van der Waals surface area contributed by atoms with E-state index in [2.05, 4.69) is 4.90 Å². The van der Waals surface area contributed by atoms with E-state index in [9.17, 15) is 13.2 Å². The zero-order valence-electron chi connectivity index (χ0n) is 15.7. The number of morpholine rings is 1. The second-order valence-corrected chi connectivity index (χ2v) is 7.80. The first-order valence-corrected chi connectivity index (χ1v) is 10.3. The van der Waals surface area contributed by atoms with Crippen LogP contribution in [0.1, 0.15) is 17.0 Å². The summed E-state index contributed by atoms with van der Waals surface area (Å²) in [4.78, 5) is 11.7. The summed E-state index contributed by atoms with van der Waals surface area (Å²) in [5, 5.41) is 1.80. The predicted molar refractivity (Wildman–Crippen MR) is 107 cm³/mol. The summed E-state index contributed by atoms with van der Waals surface area (Å²) in [6, 6.07) is 13.1. The van der Waals surface area contributed by atoms with Gasteiger partial charge in [-0.25, -0.2) is 9.97 Å². The SMILES string of the molecule is FC(F)(F)c1ccc(CSc2nc(CN3CCOCC3)nc3ccccc23)cc1. The normalized spacial score (nSPS) is 15.7. The van der Waals surface area contributed by atoms with Crippen molar-refractivity contribution < 1.29 is 17.9 Å². The fraction of sp³-hybridized carbons (Fsp3) is 0.333. The molecule has 0 N–H and O–H groups in total. The summed E-state index contributed by atoms with van der Waals surface area (Å²) in [5.41, 5.74) is 1.06. The number of fused-ring (bicyclic) bond motifs is 1. The van der Waals surface area contributed by atoms with E-state index in [-0.39, 0.29) is 0 Å². The molecule has 1 aliphatic heterocycles. The molecule has 0 unspecified atom stereocenters. The van der Waals surface area contributed by atoms with Gasteiger partial charge >= 0.3 is 6.18 Å². The quantitative estimate of drug-likeness (QED) is 0.440. The van der Waals surface area contributed by atoms with Crippen LogP contribution in [0.5, 0.6) is 0 Å². The Balaban J connectivity index is 1.53. The third kappa shape index (κ3) is 5.07. The summed E-state index contributed by atoms with van der Waals surface area (Å²) >= 11 is 1.52. The van der Waals surface area contributed by atoms with Crippen molar-refractivity contribution in [2.24, 2.45) is 0 Å². The minimum absolute atomic E-state index is 0.538. The Kier molecular flexibility index (Phi) is 6.03. The van der Waals surface area contributed by atoms with Crippen molar-refractivity contribution in [1.82, 2.24) is 14.9 Å². The van der Waals surface area contributed by atoms with E-state index in [1.807, 2.05) is 24.3 Å². The van der Waals surface area contributed by atoms with Crippen LogP contribution in [0, 0.1) is 0 Å². The van der Waals surface area contributed by atoms with Crippen molar-refractivity contribution >= 4 is 22.7 Å². The molecule has 29 heavy (non-hydrogen) atoms. The molecule has 0 spiro atoms. The summed E-state index contributed by atoms with van der Waals surface area (Å²) in [7, 11) is 0. The molecule has 2 heterocycles. The molecule has 0 radical (unpaired) electrons. The number of hydrogen-bond donors (Lipinski definition) is 0. The van der Waals surface area contributed by atoms with Gasteiger partial charge in [0, 0.05) is 24.2 Å². The fourth-order valence-electron chi connectivity index (χ4n) is 3.18. The highest BCUT2D eigenvalue weighted by atomic mass is 32.2. The van der Waals surface area contributed by atoms with Gasteiger partial charge in [0.1, 0.15) is 10.9 Å². The average Bonchev–Trinajstić information content (AvgIpc) is 2.72. The van der Waals surface area contributed by atoms with Gasteiger partial charge in [-0.3, -0.25) is 4.90 Å². The van der Waals surface area contributed by atoms with E-state index in [1.54, 1.807) is 0 Å². The molecular formula is C21H20F3N3OS. The molecule has 2 aromatic carbocycles. The number of rotatable bonds is 5. The van der Waals surface area contributed by atoms with Crippen molar-refractivity contribution in [3.05, 3.63) is 65.5 Å². The van der Waals surface area contributed by atoms with Crippen LogP contribution in [0.4, 0.5) is 13.2 Å². The van der Waals surface area contributed by atoms with Crippen molar-refractivity contribution in [2.45, 2.75) is 23.5 Å². The Bertz CT molecular complexity index is 973. The Labute approximate surface area is 171 Å². The molecule has 0 bridgehead atoms. The topological polar surface area (TPSA) is 38.2 Å². The maximum Gasteiger partial charge on any atom is 0.416 e. The molecule has 1 saturated heterocycles. The molecule has 0 aliphatic carbocycles. The minimum Gasteiger partial charge on any atom is -0.379 e. The van der Waals surface area contributed by atoms with E-state index in [0.29, 0.717) is 25.5 Å². The first kappa shape index (κ1) is 20.1. The highest BCUT2D eigenvalue weighted by Gasteiger charge is 2.29. The molecule has 0 atom stereocenters. The molecule has 1 fully saturated rings. The lowest BCUT2D eigenvalue weighted by Gasteiger charge is -2.25. The number of benzene rings is 2. The molecule has 1 aromatic heterocycles. The highest BCUT2D eigenvalue weighted by molar-refractivity contribution is 7.98. The second-order valence-electron chi connectivity index (χ2n) is 6.83. The fourth-order valence-corrected chi connectivity index (χ4v) is 4.17. The third-order valence-corrected chi connectivity index (χ3v) is 5.80. The maximum absolute atomic E-state index is 12.7. The van der Waals surface area contributed by atoms with Gasteiger partial charge in [-0.05, 0) is 23.8 Å². The molecule has 0 amide bonds. The van der Waals surface area contributed by atoms with Crippen LogP contribution in [0.25, 0.3) is 10.9 Å². The maximum atomic E-state index is 12.7. The lowest BCUT2D eigenvalue weighted by Crippen LogP contribution is -2.36. The number of ether oxygens (including phenoxy) is 1. The zero-order chi connectivity index (χ0) is 20.3. The predicted octanol–water partition coefficient (Wildman–Crippen LogP) is 4.77. The Hall–Kier alpha value is -2.16. The van der Waals surface area contributed by atoms with Crippen molar-refractivity contribution in [1.29, 1.82) is 0 Å². The van der Waals surface area contributed by atoms with Crippen molar-refractivity contribution in [3.63, 3.8) is 0 Å². The zero-order valence-corrected chi connectivity index (χ0v) is 16.5. The number of aromatic nitrogens is 2. The summed E-state index contributed by atoms with van der Waals surface area (Å²) in [6.45, 7) is 3.78. The van der Waals surface area contributed by atoms with Gasteiger partial charge in [-0.2, -0.15) is 13.2 Å². The molecule has 4 nitrogen and oxygen atoms in total. The van der Waals surface area contributed by atoms with Crippen molar-refractivity contribution in [3.8, 4) is 0 Å². The first-order chi connectivity index (χ1) is 14.0. The molecule has 3 aromatic rings.